The lowest BCUT2D eigenvalue weighted by Crippen LogP contribution is -2.15. The molecule has 2 heterocycles. The smallest absolute Gasteiger partial charge is 0.206 e. The molecular formula is C21H18FN3O2S. The van der Waals surface area contributed by atoms with Gasteiger partial charge in [0.15, 0.2) is 11.5 Å². The Balaban J connectivity index is 1.73. The molecule has 28 heavy (non-hydrogen) atoms. The van der Waals surface area contributed by atoms with Crippen LogP contribution in [0.15, 0.2) is 70.6 Å². The van der Waals surface area contributed by atoms with Crippen LogP contribution in [-0.2, 0) is 0 Å². The van der Waals surface area contributed by atoms with Crippen molar-refractivity contribution >= 4 is 17.6 Å². The van der Waals surface area contributed by atoms with Gasteiger partial charge in [0.05, 0.1) is 18.5 Å². The summed E-state index contributed by atoms with van der Waals surface area (Å²) in [5.74, 6) is 1.17. The molecule has 0 N–H and O–H groups in total. The number of fused-ring (bicyclic) bond motifs is 1. The average Bonchev–Trinajstić information content (AvgIpc) is 3.13. The number of aromatic nitrogens is 1. The van der Waals surface area contributed by atoms with E-state index < -0.39 is 0 Å². The Hall–Kier alpha value is -3.19. The van der Waals surface area contributed by atoms with Gasteiger partial charge in [-0.3, -0.25) is 4.99 Å². The van der Waals surface area contributed by atoms with Crippen LogP contribution in [0.2, 0.25) is 0 Å². The number of ether oxygens (including phenoxy) is 2. The van der Waals surface area contributed by atoms with Gasteiger partial charge in [0.1, 0.15) is 19.0 Å². The minimum Gasteiger partial charge on any atom is -0.486 e. The molecule has 0 radical (unpaired) electrons. The van der Waals surface area contributed by atoms with E-state index in [-0.39, 0.29) is 5.82 Å². The van der Waals surface area contributed by atoms with E-state index in [1.165, 1.54) is 23.5 Å². The Morgan fingerprint density at radius 2 is 1.89 bits per heavy atom. The van der Waals surface area contributed by atoms with Crippen molar-refractivity contribution in [2.45, 2.75) is 0 Å². The Bertz CT molecular complexity index is 1080. The third-order valence-corrected chi connectivity index (χ3v) is 4.92. The van der Waals surface area contributed by atoms with Gasteiger partial charge in [0.25, 0.3) is 0 Å². The van der Waals surface area contributed by atoms with Crippen LogP contribution < -0.4 is 14.3 Å². The summed E-state index contributed by atoms with van der Waals surface area (Å²) in [4.78, 5) is 5.23. The monoisotopic (exact) mass is 395 g/mol. The number of rotatable bonds is 5. The highest BCUT2D eigenvalue weighted by molar-refractivity contribution is 7.07. The standard InChI is InChI=1S/C21H18FN3O2S/c1-2-9-23-21-25(18(14-28-21)16-4-6-17(22)7-5-16)24-13-15-3-8-19-20(12-15)27-11-10-26-19/h2-8,12-14H,1,9-11H2/b23-21?,24-13-. The molecule has 4 rings (SSSR count). The van der Waals surface area contributed by atoms with Crippen LogP contribution in [0, 0.1) is 5.82 Å². The van der Waals surface area contributed by atoms with Crippen LogP contribution in [0.1, 0.15) is 5.56 Å². The van der Waals surface area contributed by atoms with E-state index in [2.05, 4.69) is 16.7 Å². The fourth-order valence-corrected chi connectivity index (χ4v) is 3.59. The first kappa shape index (κ1) is 18.2. The van der Waals surface area contributed by atoms with Crippen molar-refractivity contribution < 1.29 is 13.9 Å². The highest BCUT2D eigenvalue weighted by Crippen LogP contribution is 2.30. The van der Waals surface area contributed by atoms with Crippen molar-refractivity contribution in [2.75, 3.05) is 19.8 Å². The van der Waals surface area contributed by atoms with Crippen LogP contribution in [0.4, 0.5) is 4.39 Å². The summed E-state index contributed by atoms with van der Waals surface area (Å²) in [6.07, 6.45) is 3.47. The third-order valence-electron chi connectivity index (χ3n) is 4.07. The number of benzene rings is 2. The number of thiazole rings is 1. The molecule has 5 nitrogen and oxygen atoms in total. The molecule has 0 spiro atoms. The van der Waals surface area contributed by atoms with E-state index in [1.54, 1.807) is 29.1 Å². The lowest BCUT2D eigenvalue weighted by Gasteiger charge is -2.18. The molecule has 0 saturated carbocycles. The Kier molecular flexibility index (Phi) is 5.34. The molecule has 0 unspecified atom stereocenters. The minimum atomic E-state index is -0.276. The van der Waals surface area contributed by atoms with Crippen LogP contribution in [0.5, 0.6) is 11.5 Å². The van der Waals surface area contributed by atoms with E-state index in [4.69, 9.17) is 9.47 Å². The third kappa shape index (κ3) is 3.89. The summed E-state index contributed by atoms with van der Waals surface area (Å²) >= 11 is 1.47. The number of nitrogens with zero attached hydrogens (tertiary/aromatic N) is 3. The molecule has 0 amide bonds. The minimum absolute atomic E-state index is 0.276. The first-order valence-corrected chi connectivity index (χ1v) is 9.64. The van der Waals surface area contributed by atoms with E-state index in [0.29, 0.717) is 25.5 Å². The molecule has 0 saturated heterocycles. The van der Waals surface area contributed by atoms with Gasteiger partial charge < -0.3 is 9.47 Å². The first-order chi connectivity index (χ1) is 13.7. The predicted molar refractivity (Wildman–Crippen MR) is 109 cm³/mol. The topological polar surface area (TPSA) is 48.1 Å². The average molecular weight is 395 g/mol. The molecule has 0 aliphatic carbocycles. The normalized spacial score (nSPS) is 13.8. The van der Waals surface area contributed by atoms with Gasteiger partial charge in [-0.1, -0.05) is 6.08 Å². The lowest BCUT2D eigenvalue weighted by molar-refractivity contribution is 0.171. The van der Waals surface area contributed by atoms with Gasteiger partial charge in [-0.15, -0.1) is 17.9 Å². The van der Waals surface area contributed by atoms with Crippen LogP contribution >= 0.6 is 11.3 Å². The fraction of sp³-hybridized carbons (Fsp3) is 0.143. The molecule has 142 valence electrons. The van der Waals surface area contributed by atoms with Crippen molar-refractivity contribution in [3.05, 3.63) is 76.7 Å². The summed E-state index contributed by atoms with van der Waals surface area (Å²) in [6, 6.07) is 12.0. The molecule has 7 heteroatoms. The second kappa shape index (κ2) is 8.22. The van der Waals surface area contributed by atoms with E-state index in [0.717, 1.165) is 27.4 Å². The van der Waals surface area contributed by atoms with Gasteiger partial charge in [0, 0.05) is 10.9 Å². The molecule has 0 atom stereocenters. The van der Waals surface area contributed by atoms with Crippen LogP contribution in [0.3, 0.4) is 0 Å². The molecule has 1 aliphatic rings. The molecular weight excluding hydrogens is 377 g/mol. The Labute approximate surface area is 165 Å². The quantitative estimate of drug-likeness (QED) is 0.482. The van der Waals surface area contributed by atoms with E-state index in [1.807, 2.05) is 23.6 Å². The highest BCUT2D eigenvalue weighted by atomic mass is 32.1. The van der Waals surface area contributed by atoms with Crippen molar-refractivity contribution in [1.82, 2.24) is 4.68 Å². The second-order valence-corrected chi connectivity index (χ2v) is 6.84. The number of halogens is 1. The lowest BCUT2D eigenvalue weighted by atomic mass is 10.2. The number of hydrogen-bond donors (Lipinski definition) is 0. The van der Waals surface area contributed by atoms with Crippen molar-refractivity contribution in [2.24, 2.45) is 10.1 Å². The zero-order valence-electron chi connectivity index (χ0n) is 15.0. The van der Waals surface area contributed by atoms with Crippen molar-refractivity contribution in [3.8, 4) is 22.8 Å². The molecule has 1 aromatic heterocycles. The first-order valence-electron chi connectivity index (χ1n) is 8.76. The van der Waals surface area contributed by atoms with Crippen LogP contribution in [0.25, 0.3) is 11.3 Å². The van der Waals surface area contributed by atoms with Crippen molar-refractivity contribution in [3.63, 3.8) is 0 Å². The second-order valence-electron chi connectivity index (χ2n) is 6.00. The van der Waals surface area contributed by atoms with Gasteiger partial charge >= 0.3 is 0 Å². The maximum absolute atomic E-state index is 13.3. The number of hydrogen-bond acceptors (Lipinski definition) is 5. The molecule has 2 aromatic carbocycles. The van der Waals surface area contributed by atoms with Gasteiger partial charge in [-0.05, 0) is 48.0 Å². The van der Waals surface area contributed by atoms with Gasteiger partial charge in [-0.25, -0.2) is 9.07 Å². The van der Waals surface area contributed by atoms with Gasteiger partial charge in [0.2, 0.25) is 4.80 Å². The summed E-state index contributed by atoms with van der Waals surface area (Å²) in [5.41, 5.74) is 2.57. The SMILES string of the molecule is C=CCN=c1scc(-c2ccc(F)cc2)n1/N=C\c1ccc2c(c1)OCCO2. The summed E-state index contributed by atoms with van der Waals surface area (Å²) < 4.78 is 26.2. The molecule has 3 aromatic rings. The summed E-state index contributed by atoms with van der Waals surface area (Å²) in [6.45, 7) is 5.29. The van der Waals surface area contributed by atoms with E-state index in [9.17, 15) is 4.39 Å². The van der Waals surface area contributed by atoms with Crippen molar-refractivity contribution in [1.29, 1.82) is 0 Å². The van der Waals surface area contributed by atoms with Gasteiger partial charge in [-0.2, -0.15) is 5.10 Å². The summed E-state index contributed by atoms with van der Waals surface area (Å²) in [5, 5.41) is 6.58. The highest BCUT2D eigenvalue weighted by Gasteiger charge is 2.11. The van der Waals surface area contributed by atoms with E-state index >= 15 is 0 Å². The Morgan fingerprint density at radius 3 is 2.68 bits per heavy atom. The molecule has 0 bridgehead atoms. The molecule has 0 fully saturated rings. The van der Waals surface area contributed by atoms with Crippen LogP contribution in [-0.4, -0.2) is 30.6 Å². The zero-order chi connectivity index (χ0) is 19.3. The molecule has 1 aliphatic heterocycles. The Morgan fingerprint density at radius 1 is 1.11 bits per heavy atom. The maximum atomic E-state index is 13.3. The zero-order valence-corrected chi connectivity index (χ0v) is 15.9. The fourth-order valence-electron chi connectivity index (χ4n) is 2.75. The summed E-state index contributed by atoms with van der Waals surface area (Å²) in [7, 11) is 0. The predicted octanol–water partition coefficient (Wildman–Crippen LogP) is 4.10. The largest absolute Gasteiger partial charge is 0.486 e. The maximum Gasteiger partial charge on any atom is 0.206 e.